The number of likely N-dealkylation sites (N-methyl/N-ethyl adjacent to an activating group) is 1. The Kier molecular flexibility index (Phi) is 5.43. The topological polar surface area (TPSA) is 75.3 Å². The maximum atomic E-state index is 12.1. The first-order chi connectivity index (χ1) is 12.1. The Balaban J connectivity index is 1.72. The quantitative estimate of drug-likeness (QED) is 0.654. The molecule has 25 heavy (non-hydrogen) atoms. The lowest BCUT2D eigenvalue weighted by molar-refractivity contribution is -0.130. The van der Waals surface area contributed by atoms with Crippen LogP contribution in [-0.2, 0) is 10.5 Å². The number of thioether (sulfide) groups is 1. The number of hydrogen-bond acceptors (Lipinski definition) is 6. The van der Waals surface area contributed by atoms with Crippen LogP contribution >= 0.6 is 11.8 Å². The summed E-state index contributed by atoms with van der Waals surface area (Å²) >= 11 is 1.56. The number of nitrogens with zero attached hydrogens (tertiary/aromatic N) is 4. The van der Waals surface area contributed by atoms with E-state index >= 15 is 0 Å². The number of piperazine rings is 1. The Hall–Kier alpha value is -2.28. The number of benzene rings is 1. The van der Waals surface area contributed by atoms with Crippen LogP contribution < -0.4 is 10.6 Å². The first kappa shape index (κ1) is 17.5. The fourth-order valence-corrected chi connectivity index (χ4v) is 3.75. The van der Waals surface area contributed by atoms with Gasteiger partial charge in [-0.15, -0.1) is 0 Å². The van der Waals surface area contributed by atoms with Gasteiger partial charge in [0.25, 0.3) is 0 Å². The van der Waals surface area contributed by atoms with E-state index < -0.39 is 0 Å². The average molecular weight is 357 g/mol. The van der Waals surface area contributed by atoms with Crippen molar-refractivity contribution in [2.45, 2.75) is 24.8 Å². The Morgan fingerprint density at radius 1 is 1.24 bits per heavy atom. The van der Waals surface area contributed by atoms with Crippen LogP contribution in [0.1, 0.15) is 18.1 Å². The molecular formula is C18H23N5OS. The maximum absolute atomic E-state index is 12.1. The standard InChI is InChI=1S/C18H23N5OS/c1-3-22-8-9-23(11-17(22)24)16-10-15(19)20-18(21-16)25-12-14-7-5-4-6-13(14)2/h4-7,10H,3,8-9,11-12H2,1-2H3,(H2,19,20,21). The zero-order valence-electron chi connectivity index (χ0n) is 14.6. The zero-order chi connectivity index (χ0) is 17.8. The van der Waals surface area contributed by atoms with Gasteiger partial charge in [-0.3, -0.25) is 4.79 Å². The highest BCUT2D eigenvalue weighted by Gasteiger charge is 2.24. The highest BCUT2D eigenvalue weighted by molar-refractivity contribution is 7.98. The number of aryl methyl sites for hydroxylation is 1. The van der Waals surface area contributed by atoms with Crippen molar-refractivity contribution >= 4 is 29.3 Å². The molecule has 1 amide bonds. The van der Waals surface area contributed by atoms with Gasteiger partial charge >= 0.3 is 0 Å². The molecule has 1 saturated heterocycles. The Morgan fingerprint density at radius 3 is 2.76 bits per heavy atom. The van der Waals surface area contributed by atoms with Crippen LogP contribution in [-0.4, -0.2) is 47.0 Å². The van der Waals surface area contributed by atoms with E-state index in [0.717, 1.165) is 24.7 Å². The van der Waals surface area contributed by atoms with E-state index in [2.05, 4.69) is 29.0 Å². The van der Waals surface area contributed by atoms with E-state index in [-0.39, 0.29) is 5.91 Å². The molecule has 0 radical (unpaired) electrons. The van der Waals surface area contributed by atoms with Crippen molar-refractivity contribution in [2.75, 3.05) is 36.8 Å². The number of nitrogens with two attached hydrogens (primary N) is 1. The first-order valence-corrected chi connectivity index (χ1v) is 9.40. The molecule has 1 aromatic carbocycles. The predicted octanol–water partition coefficient (Wildman–Crippen LogP) is 2.33. The molecule has 0 bridgehead atoms. The van der Waals surface area contributed by atoms with Crippen LogP contribution in [0.15, 0.2) is 35.5 Å². The number of hydrogen-bond donors (Lipinski definition) is 1. The second kappa shape index (κ2) is 7.74. The molecule has 132 valence electrons. The van der Waals surface area contributed by atoms with Crippen molar-refractivity contribution in [1.29, 1.82) is 0 Å². The van der Waals surface area contributed by atoms with Crippen molar-refractivity contribution < 1.29 is 4.79 Å². The van der Waals surface area contributed by atoms with E-state index in [1.807, 2.05) is 28.9 Å². The molecule has 1 aromatic heterocycles. The van der Waals surface area contributed by atoms with E-state index in [1.165, 1.54) is 11.1 Å². The molecule has 2 N–H and O–H groups in total. The van der Waals surface area contributed by atoms with Crippen LogP contribution in [0.4, 0.5) is 11.6 Å². The molecule has 0 spiro atoms. The number of carbonyl (C=O) groups is 1. The SMILES string of the molecule is CCN1CCN(c2cc(N)nc(SCc3ccccc3C)n2)CC1=O. The van der Waals surface area contributed by atoms with E-state index in [4.69, 9.17) is 5.73 Å². The molecule has 1 aliphatic rings. The third kappa shape index (κ3) is 4.22. The van der Waals surface area contributed by atoms with Crippen molar-refractivity contribution in [3.05, 3.63) is 41.5 Å². The number of aromatic nitrogens is 2. The molecule has 0 saturated carbocycles. The van der Waals surface area contributed by atoms with Gasteiger partial charge in [0.1, 0.15) is 11.6 Å². The van der Waals surface area contributed by atoms with Gasteiger partial charge in [-0.25, -0.2) is 9.97 Å². The largest absolute Gasteiger partial charge is 0.383 e. The minimum absolute atomic E-state index is 0.125. The van der Waals surface area contributed by atoms with Gasteiger partial charge in [0.2, 0.25) is 5.91 Å². The summed E-state index contributed by atoms with van der Waals surface area (Å²) in [6, 6.07) is 10.0. The van der Waals surface area contributed by atoms with Gasteiger partial charge in [-0.1, -0.05) is 36.0 Å². The summed E-state index contributed by atoms with van der Waals surface area (Å²) < 4.78 is 0. The number of nitrogen functional groups attached to an aromatic ring is 1. The van der Waals surface area contributed by atoms with Gasteiger partial charge < -0.3 is 15.5 Å². The summed E-state index contributed by atoms with van der Waals surface area (Å²) in [4.78, 5) is 24.9. The van der Waals surface area contributed by atoms with Gasteiger partial charge in [-0.2, -0.15) is 0 Å². The minimum atomic E-state index is 0.125. The third-order valence-electron chi connectivity index (χ3n) is 4.35. The lowest BCUT2D eigenvalue weighted by atomic mass is 10.1. The fourth-order valence-electron chi connectivity index (χ4n) is 2.81. The number of carbonyl (C=O) groups excluding carboxylic acids is 1. The Morgan fingerprint density at radius 2 is 2.04 bits per heavy atom. The highest BCUT2D eigenvalue weighted by Crippen LogP contribution is 2.25. The second-order valence-electron chi connectivity index (χ2n) is 6.04. The summed E-state index contributed by atoms with van der Waals surface area (Å²) in [5.74, 6) is 2.07. The normalized spacial score (nSPS) is 14.9. The van der Waals surface area contributed by atoms with Gasteiger partial charge in [0, 0.05) is 31.5 Å². The number of rotatable bonds is 5. The molecular weight excluding hydrogens is 334 g/mol. The van der Waals surface area contributed by atoms with Gasteiger partial charge in [-0.05, 0) is 25.0 Å². The molecule has 1 fully saturated rings. The van der Waals surface area contributed by atoms with Crippen LogP contribution in [0.3, 0.4) is 0 Å². The average Bonchev–Trinajstić information content (AvgIpc) is 2.60. The Bertz CT molecular complexity index is 767. The molecule has 2 aromatic rings. The molecule has 3 rings (SSSR count). The van der Waals surface area contributed by atoms with Crippen molar-refractivity contribution in [2.24, 2.45) is 0 Å². The first-order valence-electron chi connectivity index (χ1n) is 8.41. The summed E-state index contributed by atoms with van der Waals surface area (Å²) in [6.07, 6.45) is 0. The molecule has 0 atom stereocenters. The van der Waals surface area contributed by atoms with Crippen LogP contribution in [0.2, 0.25) is 0 Å². The smallest absolute Gasteiger partial charge is 0.242 e. The molecule has 0 unspecified atom stereocenters. The van der Waals surface area contributed by atoms with Crippen LogP contribution in [0, 0.1) is 6.92 Å². The van der Waals surface area contributed by atoms with Crippen molar-refractivity contribution in [1.82, 2.24) is 14.9 Å². The molecule has 0 aliphatic carbocycles. The lowest BCUT2D eigenvalue weighted by Crippen LogP contribution is -2.50. The van der Waals surface area contributed by atoms with E-state index in [0.29, 0.717) is 24.1 Å². The van der Waals surface area contributed by atoms with Crippen molar-refractivity contribution in [3.8, 4) is 0 Å². The minimum Gasteiger partial charge on any atom is -0.383 e. The van der Waals surface area contributed by atoms with Gasteiger partial charge in [0.05, 0.1) is 6.54 Å². The second-order valence-corrected chi connectivity index (χ2v) is 6.99. The monoisotopic (exact) mass is 357 g/mol. The fraction of sp³-hybridized carbons (Fsp3) is 0.389. The number of anilines is 2. The van der Waals surface area contributed by atoms with E-state index in [9.17, 15) is 4.79 Å². The molecule has 7 heteroatoms. The third-order valence-corrected chi connectivity index (χ3v) is 5.25. The molecule has 2 heterocycles. The zero-order valence-corrected chi connectivity index (χ0v) is 15.4. The van der Waals surface area contributed by atoms with Crippen LogP contribution in [0.5, 0.6) is 0 Å². The summed E-state index contributed by atoms with van der Waals surface area (Å²) in [5, 5.41) is 0.642. The maximum Gasteiger partial charge on any atom is 0.242 e. The highest BCUT2D eigenvalue weighted by atomic mass is 32.2. The van der Waals surface area contributed by atoms with Gasteiger partial charge in [0.15, 0.2) is 5.16 Å². The lowest BCUT2D eigenvalue weighted by Gasteiger charge is -2.34. The molecule has 1 aliphatic heterocycles. The Labute approximate surface area is 152 Å². The predicted molar refractivity (Wildman–Crippen MR) is 102 cm³/mol. The summed E-state index contributed by atoms with van der Waals surface area (Å²) in [7, 11) is 0. The summed E-state index contributed by atoms with van der Waals surface area (Å²) in [5.41, 5.74) is 8.47. The van der Waals surface area contributed by atoms with Crippen molar-refractivity contribution in [3.63, 3.8) is 0 Å². The molecule has 6 nitrogen and oxygen atoms in total. The van der Waals surface area contributed by atoms with Crippen LogP contribution in [0.25, 0.3) is 0 Å². The van der Waals surface area contributed by atoms with E-state index in [1.54, 1.807) is 17.8 Å². The number of amides is 1. The summed E-state index contributed by atoms with van der Waals surface area (Å²) in [6.45, 7) is 6.65.